The van der Waals surface area contributed by atoms with E-state index in [9.17, 15) is 0 Å². The topological polar surface area (TPSA) is 50.3 Å². The summed E-state index contributed by atoms with van der Waals surface area (Å²) in [5.41, 5.74) is 3.00. The first-order valence-corrected chi connectivity index (χ1v) is 9.68. The van der Waals surface area contributed by atoms with Gasteiger partial charge in [-0.2, -0.15) is 4.98 Å². The zero-order valence-corrected chi connectivity index (χ0v) is 16.0. The number of ether oxygens (including phenoxy) is 1. The van der Waals surface area contributed by atoms with Gasteiger partial charge in [0.1, 0.15) is 11.6 Å². The molecule has 2 aromatic carbocycles. The van der Waals surface area contributed by atoms with Crippen molar-refractivity contribution in [1.82, 2.24) is 9.97 Å². The van der Waals surface area contributed by atoms with Gasteiger partial charge >= 0.3 is 0 Å². The van der Waals surface area contributed by atoms with Crippen LogP contribution >= 0.6 is 0 Å². The van der Waals surface area contributed by atoms with Crippen LogP contribution in [0.3, 0.4) is 0 Å². The highest BCUT2D eigenvalue weighted by Crippen LogP contribution is 2.31. The van der Waals surface area contributed by atoms with Crippen LogP contribution in [0, 0.1) is 6.92 Å². The second kappa shape index (κ2) is 7.82. The molecule has 1 aromatic heterocycles. The summed E-state index contributed by atoms with van der Waals surface area (Å²) in [6.45, 7) is 4.16. The molecule has 1 fully saturated rings. The highest BCUT2D eigenvalue weighted by atomic mass is 16.5. The van der Waals surface area contributed by atoms with Crippen molar-refractivity contribution < 1.29 is 4.74 Å². The smallest absolute Gasteiger partial charge is 0.229 e. The molecule has 0 amide bonds. The van der Waals surface area contributed by atoms with E-state index in [2.05, 4.69) is 41.4 Å². The minimum absolute atomic E-state index is 0.608. The van der Waals surface area contributed by atoms with Crippen molar-refractivity contribution in [3.63, 3.8) is 0 Å². The summed E-state index contributed by atoms with van der Waals surface area (Å²) < 4.78 is 5.49. The summed E-state index contributed by atoms with van der Waals surface area (Å²) in [6, 6.07) is 14.3. The van der Waals surface area contributed by atoms with Gasteiger partial charge in [0.2, 0.25) is 5.95 Å². The lowest BCUT2D eigenvalue weighted by atomic mass is 10.2. The van der Waals surface area contributed by atoms with Crippen LogP contribution in [0.4, 0.5) is 17.5 Å². The van der Waals surface area contributed by atoms with Gasteiger partial charge in [0.25, 0.3) is 0 Å². The normalized spacial score (nSPS) is 14.8. The van der Waals surface area contributed by atoms with E-state index in [-0.39, 0.29) is 0 Å². The largest absolute Gasteiger partial charge is 0.495 e. The molecular formula is C22H26N4O. The Labute approximate surface area is 160 Å². The summed E-state index contributed by atoms with van der Waals surface area (Å²) in [7, 11) is 1.68. The van der Waals surface area contributed by atoms with Gasteiger partial charge in [0.05, 0.1) is 18.3 Å². The molecule has 0 radical (unpaired) electrons. The molecule has 4 rings (SSSR count). The van der Waals surface area contributed by atoms with E-state index in [1.54, 1.807) is 7.11 Å². The first-order valence-electron chi connectivity index (χ1n) is 9.68. The number of hydrogen-bond acceptors (Lipinski definition) is 5. The summed E-state index contributed by atoms with van der Waals surface area (Å²) in [5, 5.41) is 4.49. The number of methoxy groups -OCH3 is 1. The van der Waals surface area contributed by atoms with Crippen molar-refractivity contribution in [2.24, 2.45) is 0 Å². The number of nitrogens with one attached hydrogen (secondary N) is 1. The summed E-state index contributed by atoms with van der Waals surface area (Å²) in [5.74, 6) is 2.42. The number of aryl methyl sites for hydroxylation is 1. The van der Waals surface area contributed by atoms with E-state index in [1.807, 2.05) is 18.2 Å². The molecule has 1 aliphatic rings. The summed E-state index contributed by atoms with van der Waals surface area (Å²) in [4.78, 5) is 12.1. The zero-order chi connectivity index (χ0) is 18.6. The Balaban J connectivity index is 1.76. The van der Waals surface area contributed by atoms with Gasteiger partial charge in [-0.3, -0.25) is 0 Å². The van der Waals surface area contributed by atoms with Crippen LogP contribution < -0.4 is 15.0 Å². The average molecular weight is 362 g/mol. The van der Waals surface area contributed by atoms with E-state index in [1.165, 1.54) is 25.7 Å². The molecular weight excluding hydrogens is 336 g/mol. The molecule has 0 spiro atoms. The van der Waals surface area contributed by atoms with Crippen molar-refractivity contribution in [1.29, 1.82) is 0 Å². The fraction of sp³-hybridized carbons (Fsp3) is 0.364. The number of benzene rings is 2. The molecule has 0 bridgehead atoms. The number of hydrogen-bond donors (Lipinski definition) is 1. The molecule has 0 saturated carbocycles. The number of anilines is 3. The predicted octanol–water partition coefficient (Wildman–Crippen LogP) is 5.07. The number of rotatable bonds is 4. The lowest BCUT2D eigenvalue weighted by molar-refractivity contribution is 0.416. The quantitative estimate of drug-likeness (QED) is 0.702. The van der Waals surface area contributed by atoms with Crippen molar-refractivity contribution in [2.75, 3.05) is 30.4 Å². The Hall–Kier alpha value is -2.82. The third-order valence-electron chi connectivity index (χ3n) is 5.09. The third kappa shape index (κ3) is 3.82. The van der Waals surface area contributed by atoms with Gasteiger partial charge < -0.3 is 15.0 Å². The van der Waals surface area contributed by atoms with Crippen molar-refractivity contribution in [2.45, 2.75) is 32.6 Å². The predicted molar refractivity (Wildman–Crippen MR) is 111 cm³/mol. The molecule has 140 valence electrons. The van der Waals surface area contributed by atoms with Gasteiger partial charge in [-0.05, 0) is 49.6 Å². The number of fused-ring (bicyclic) bond motifs is 1. The molecule has 0 aliphatic carbocycles. The molecule has 5 heteroatoms. The average Bonchev–Trinajstić information content (AvgIpc) is 2.97. The molecule has 1 saturated heterocycles. The van der Waals surface area contributed by atoms with Crippen molar-refractivity contribution in [3.8, 4) is 5.75 Å². The van der Waals surface area contributed by atoms with Gasteiger partial charge in [-0.15, -0.1) is 0 Å². The third-order valence-corrected chi connectivity index (χ3v) is 5.09. The Morgan fingerprint density at radius 3 is 2.52 bits per heavy atom. The van der Waals surface area contributed by atoms with Crippen molar-refractivity contribution >= 4 is 28.4 Å². The van der Waals surface area contributed by atoms with E-state index >= 15 is 0 Å². The van der Waals surface area contributed by atoms with Crippen LogP contribution in [0.5, 0.6) is 5.75 Å². The Morgan fingerprint density at radius 1 is 0.963 bits per heavy atom. The first-order chi connectivity index (χ1) is 13.2. The van der Waals surface area contributed by atoms with Gasteiger partial charge in [-0.25, -0.2) is 4.98 Å². The van der Waals surface area contributed by atoms with Crippen LogP contribution in [-0.4, -0.2) is 30.2 Å². The van der Waals surface area contributed by atoms with E-state index < -0.39 is 0 Å². The minimum Gasteiger partial charge on any atom is -0.495 e. The lowest BCUT2D eigenvalue weighted by Crippen LogP contribution is -2.25. The maximum Gasteiger partial charge on any atom is 0.229 e. The maximum absolute atomic E-state index is 5.49. The van der Waals surface area contributed by atoms with E-state index in [4.69, 9.17) is 14.7 Å². The standard InChI is InChI=1S/C22H26N4O/c1-16-11-12-20(27-2)19(15-16)24-22-23-18-10-6-5-9-17(18)21(25-22)26-13-7-3-4-8-14-26/h5-6,9-12,15H,3-4,7-8,13-14H2,1-2H3,(H,23,24,25). The first kappa shape index (κ1) is 17.6. The Kier molecular flexibility index (Phi) is 5.10. The molecule has 1 N–H and O–H groups in total. The number of aromatic nitrogens is 2. The molecule has 2 heterocycles. The fourth-order valence-corrected chi connectivity index (χ4v) is 3.68. The zero-order valence-electron chi connectivity index (χ0n) is 16.0. The van der Waals surface area contributed by atoms with Crippen LogP contribution in [-0.2, 0) is 0 Å². The van der Waals surface area contributed by atoms with Crippen molar-refractivity contribution in [3.05, 3.63) is 48.0 Å². The SMILES string of the molecule is COc1ccc(C)cc1Nc1nc(N2CCCCCC2)c2ccccc2n1. The Bertz CT molecular complexity index is 933. The highest BCUT2D eigenvalue weighted by molar-refractivity contribution is 5.91. The second-order valence-electron chi connectivity index (χ2n) is 7.12. The number of nitrogens with zero attached hydrogens (tertiary/aromatic N) is 3. The van der Waals surface area contributed by atoms with Crippen LogP contribution in [0.1, 0.15) is 31.2 Å². The maximum atomic E-state index is 5.49. The molecule has 0 unspecified atom stereocenters. The molecule has 1 aliphatic heterocycles. The summed E-state index contributed by atoms with van der Waals surface area (Å²) in [6.07, 6.45) is 5.02. The minimum atomic E-state index is 0.608. The van der Waals surface area contributed by atoms with E-state index in [0.717, 1.165) is 46.8 Å². The van der Waals surface area contributed by atoms with Crippen LogP contribution in [0.15, 0.2) is 42.5 Å². The molecule has 0 atom stereocenters. The summed E-state index contributed by atoms with van der Waals surface area (Å²) >= 11 is 0. The fourth-order valence-electron chi connectivity index (χ4n) is 3.68. The molecule has 3 aromatic rings. The molecule has 27 heavy (non-hydrogen) atoms. The van der Waals surface area contributed by atoms with Gasteiger partial charge in [0, 0.05) is 18.5 Å². The van der Waals surface area contributed by atoms with Crippen LogP contribution in [0.2, 0.25) is 0 Å². The van der Waals surface area contributed by atoms with Crippen LogP contribution in [0.25, 0.3) is 10.9 Å². The monoisotopic (exact) mass is 362 g/mol. The molecule has 5 nitrogen and oxygen atoms in total. The second-order valence-corrected chi connectivity index (χ2v) is 7.12. The van der Waals surface area contributed by atoms with Gasteiger partial charge in [-0.1, -0.05) is 31.0 Å². The highest BCUT2D eigenvalue weighted by Gasteiger charge is 2.17. The number of para-hydroxylation sites is 1. The lowest BCUT2D eigenvalue weighted by Gasteiger charge is -2.23. The van der Waals surface area contributed by atoms with Gasteiger partial charge in [0.15, 0.2) is 0 Å². The van der Waals surface area contributed by atoms with E-state index in [0.29, 0.717) is 5.95 Å². The Morgan fingerprint density at radius 2 is 1.74 bits per heavy atom.